The molecule has 2 aromatic heterocycles. The van der Waals surface area contributed by atoms with Gasteiger partial charge in [-0.1, -0.05) is 24.3 Å². The maximum absolute atomic E-state index is 4.73. The Hall–Kier alpha value is -2.68. The number of benzene rings is 1. The highest BCUT2D eigenvalue weighted by Crippen LogP contribution is 2.48. The van der Waals surface area contributed by atoms with Gasteiger partial charge in [0.2, 0.25) is 12.4 Å². The predicted molar refractivity (Wildman–Crippen MR) is 95.5 cm³/mol. The van der Waals surface area contributed by atoms with E-state index in [1.807, 2.05) is 0 Å². The largest absolute Gasteiger partial charge is 0.271 e. The second-order valence-corrected chi connectivity index (χ2v) is 6.90. The lowest BCUT2D eigenvalue weighted by molar-refractivity contribution is -0.702. The zero-order valence-electron chi connectivity index (χ0n) is 14.5. The van der Waals surface area contributed by atoms with Crippen LogP contribution in [0, 0.1) is 20.8 Å². The Balaban J connectivity index is 2.01. The van der Waals surface area contributed by atoms with E-state index in [1.165, 1.54) is 44.8 Å². The molecule has 0 saturated carbocycles. The van der Waals surface area contributed by atoms with Crippen molar-refractivity contribution in [1.29, 1.82) is 0 Å². The van der Waals surface area contributed by atoms with Gasteiger partial charge in [-0.05, 0) is 50.0 Å². The van der Waals surface area contributed by atoms with Crippen LogP contribution >= 0.6 is 0 Å². The van der Waals surface area contributed by atoms with Gasteiger partial charge in [-0.2, -0.15) is 4.57 Å². The number of pyridine rings is 1. The van der Waals surface area contributed by atoms with E-state index in [0.717, 1.165) is 18.2 Å². The summed E-state index contributed by atoms with van der Waals surface area (Å²) in [4.78, 5) is 4.73. The Kier molecular flexibility index (Phi) is 2.54. The molecule has 0 amide bonds. The molecule has 0 unspecified atom stereocenters. The van der Waals surface area contributed by atoms with E-state index in [1.54, 1.807) is 0 Å². The van der Waals surface area contributed by atoms with E-state index in [0.29, 0.717) is 0 Å². The zero-order valence-corrected chi connectivity index (χ0v) is 14.5. The lowest BCUT2D eigenvalue weighted by atomic mass is 9.99. The van der Waals surface area contributed by atoms with Gasteiger partial charge in [0.05, 0.1) is 22.5 Å². The minimum atomic E-state index is 0.819. The third kappa shape index (κ3) is 1.52. The summed E-state index contributed by atoms with van der Waals surface area (Å²) < 4.78 is 4.72. The molecular weight excluding hydrogens is 294 g/mol. The van der Waals surface area contributed by atoms with Crippen molar-refractivity contribution < 1.29 is 4.57 Å². The van der Waals surface area contributed by atoms with Crippen LogP contribution in [0.5, 0.6) is 0 Å². The average Bonchev–Trinajstić information content (AvgIpc) is 3.00. The van der Waals surface area contributed by atoms with Crippen molar-refractivity contribution in [1.82, 2.24) is 9.55 Å². The number of rotatable bonds is 0. The molecule has 1 aliphatic heterocycles. The molecule has 3 heteroatoms. The highest BCUT2D eigenvalue weighted by Gasteiger charge is 2.38. The van der Waals surface area contributed by atoms with E-state index in [-0.39, 0.29) is 0 Å². The van der Waals surface area contributed by atoms with Gasteiger partial charge in [-0.15, -0.1) is 0 Å². The van der Waals surface area contributed by atoms with Crippen LogP contribution in [0.15, 0.2) is 36.5 Å². The summed E-state index contributed by atoms with van der Waals surface area (Å²) in [6, 6.07) is 11.0. The van der Waals surface area contributed by atoms with Crippen LogP contribution in [0.2, 0.25) is 0 Å². The van der Waals surface area contributed by atoms with Crippen molar-refractivity contribution in [3.05, 3.63) is 70.6 Å². The Labute approximate surface area is 141 Å². The first-order valence-corrected chi connectivity index (χ1v) is 8.46. The number of allylic oxidation sites excluding steroid dienone is 1. The summed E-state index contributed by atoms with van der Waals surface area (Å²) in [5.41, 5.74) is 11.9. The molecule has 1 aliphatic carbocycles. The Bertz CT molecular complexity index is 1070. The lowest BCUT2D eigenvalue weighted by Gasteiger charge is -2.08. The van der Waals surface area contributed by atoms with Crippen molar-refractivity contribution in [2.24, 2.45) is 0 Å². The number of nitrogens with zero attached hydrogens (tertiary/aromatic N) is 3. The molecule has 118 valence electrons. The number of hydrogen-bond acceptors (Lipinski definition) is 1. The van der Waals surface area contributed by atoms with Crippen LogP contribution in [0.25, 0.3) is 22.3 Å². The van der Waals surface area contributed by atoms with Crippen LogP contribution in [0.4, 0.5) is 0 Å². The summed E-state index contributed by atoms with van der Waals surface area (Å²) in [6.45, 7) is 9.51. The number of aryl methyl sites for hydroxylation is 3. The summed E-state index contributed by atoms with van der Waals surface area (Å²) in [6.07, 6.45) is 2.22. The smallest absolute Gasteiger partial charge is 0.229 e. The third-order valence-corrected chi connectivity index (χ3v) is 5.48. The molecule has 5 rings (SSSR count). The van der Waals surface area contributed by atoms with Gasteiger partial charge < -0.3 is 0 Å². The van der Waals surface area contributed by atoms with Crippen LogP contribution in [-0.4, -0.2) is 9.55 Å². The van der Waals surface area contributed by atoms with Crippen molar-refractivity contribution in [3.63, 3.8) is 0 Å². The molecule has 0 bridgehead atoms. The summed E-state index contributed by atoms with van der Waals surface area (Å²) in [5, 5.41) is 0. The van der Waals surface area contributed by atoms with E-state index in [4.69, 9.17) is 4.98 Å². The normalized spacial score (nSPS) is 14.3. The van der Waals surface area contributed by atoms with E-state index in [9.17, 15) is 0 Å². The highest BCUT2D eigenvalue weighted by atomic mass is 15.2. The maximum Gasteiger partial charge on any atom is 0.229 e. The summed E-state index contributed by atoms with van der Waals surface area (Å²) in [7, 11) is 0. The second-order valence-electron chi connectivity index (χ2n) is 6.90. The first-order valence-electron chi connectivity index (χ1n) is 8.46. The van der Waals surface area contributed by atoms with Crippen LogP contribution in [0.3, 0.4) is 0 Å². The first kappa shape index (κ1) is 13.7. The quantitative estimate of drug-likeness (QED) is 0.452. The average molecular weight is 314 g/mol. The molecule has 24 heavy (non-hydrogen) atoms. The van der Waals surface area contributed by atoms with Gasteiger partial charge >= 0.3 is 0 Å². The molecule has 0 N–H and O–H groups in total. The van der Waals surface area contributed by atoms with Gasteiger partial charge in [0.25, 0.3) is 0 Å². The molecule has 3 heterocycles. The van der Waals surface area contributed by atoms with Gasteiger partial charge in [0.15, 0.2) is 6.20 Å². The van der Waals surface area contributed by atoms with E-state index in [2.05, 4.69) is 73.4 Å². The third-order valence-electron chi connectivity index (χ3n) is 5.48. The monoisotopic (exact) mass is 314 g/mol. The van der Waals surface area contributed by atoms with Crippen molar-refractivity contribution in [2.45, 2.75) is 34.4 Å². The standard InChI is InChI=1S/C21H20N3/c1-12-9-10-23-11-24-15(4)22-14(3)20(24)13(2)19-17-8-6-5-7-16(17)18(12)21(19)23/h5-10H,11H2,1-4H3/q+1. The van der Waals surface area contributed by atoms with Crippen molar-refractivity contribution >= 4 is 11.1 Å². The van der Waals surface area contributed by atoms with Crippen molar-refractivity contribution in [3.8, 4) is 11.1 Å². The SMILES string of the molecule is CC1=C2c3ccccc3-c3c(C)cc[n+](c32)Cn2c(C)nc(C)c21. The number of imidazole rings is 1. The molecular formula is C21H20N3+. The Morgan fingerprint density at radius 3 is 2.54 bits per heavy atom. The molecule has 0 fully saturated rings. The molecule has 1 aromatic carbocycles. The van der Waals surface area contributed by atoms with Gasteiger partial charge in [-0.25, -0.2) is 4.98 Å². The minimum Gasteiger partial charge on any atom is -0.271 e. The molecule has 0 atom stereocenters. The van der Waals surface area contributed by atoms with Gasteiger partial charge in [0.1, 0.15) is 5.82 Å². The van der Waals surface area contributed by atoms with E-state index < -0.39 is 0 Å². The lowest BCUT2D eigenvalue weighted by Crippen LogP contribution is -2.40. The molecule has 0 radical (unpaired) electrons. The molecule has 0 saturated heterocycles. The Morgan fingerprint density at radius 2 is 1.75 bits per heavy atom. The fourth-order valence-electron chi connectivity index (χ4n) is 4.47. The number of aromatic nitrogens is 3. The zero-order chi connectivity index (χ0) is 16.6. The van der Waals surface area contributed by atoms with Gasteiger partial charge in [-0.3, -0.25) is 4.57 Å². The summed E-state index contributed by atoms with van der Waals surface area (Å²) in [5.74, 6) is 1.08. The maximum atomic E-state index is 4.73. The van der Waals surface area contributed by atoms with Gasteiger partial charge in [0, 0.05) is 6.07 Å². The predicted octanol–water partition coefficient (Wildman–Crippen LogP) is 3.87. The highest BCUT2D eigenvalue weighted by molar-refractivity contribution is 6.08. The topological polar surface area (TPSA) is 21.7 Å². The van der Waals surface area contributed by atoms with Crippen molar-refractivity contribution in [2.75, 3.05) is 0 Å². The number of hydrogen-bond donors (Lipinski definition) is 0. The molecule has 3 nitrogen and oxygen atoms in total. The Morgan fingerprint density at radius 1 is 1.00 bits per heavy atom. The van der Waals surface area contributed by atoms with E-state index >= 15 is 0 Å². The first-order chi connectivity index (χ1) is 11.6. The van der Waals surface area contributed by atoms with Crippen LogP contribution < -0.4 is 4.57 Å². The summed E-state index contributed by atoms with van der Waals surface area (Å²) >= 11 is 0. The second kappa shape index (κ2) is 4.44. The van der Waals surface area contributed by atoms with Crippen LogP contribution in [-0.2, 0) is 6.67 Å². The molecule has 0 spiro atoms. The fraction of sp³-hybridized carbons (Fsp3) is 0.238. The van der Waals surface area contributed by atoms with Crippen LogP contribution in [0.1, 0.15) is 41.0 Å². The number of fused-ring (bicyclic) bond motifs is 4. The molecule has 3 aromatic rings. The minimum absolute atomic E-state index is 0.819. The fourth-order valence-corrected chi connectivity index (χ4v) is 4.47. The molecule has 2 aliphatic rings.